The van der Waals surface area contributed by atoms with Gasteiger partial charge in [0.15, 0.2) is 0 Å². The lowest BCUT2D eigenvalue weighted by atomic mass is 9.97. The highest BCUT2D eigenvalue weighted by Crippen LogP contribution is 2.19. The van der Waals surface area contributed by atoms with Crippen LogP contribution in [0.15, 0.2) is 30.3 Å². The SMILES string of the molecule is CC(CCN(C)C1CCNC1)c1ccccc1. The van der Waals surface area contributed by atoms with Crippen LogP contribution in [0, 0.1) is 0 Å². The first kappa shape index (κ1) is 12.6. The average Bonchev–Trinajstić information content (AvgIpc) is 2.90. The predicted molar refractivity (Wildman–Crippen MR) is 73.4 cm³/mol. The van der Waals surface area contributed by atoms with E-state index >= 15 is 0 Å². The van der Waals surface area contributed by atoms with Gasteiger partial charge >= 0.3 is 0 Å². The quantitative estimate of drug-likeness (QED) is 0.839. The molecule has 1 aliphatic rings. The van der Waals surface area contributed by atoms with E-state index in [2.05, 4.69) is 54.5 Å². The van der Waals surface area contributed by atoms with Crippen LogP contribution >= 0.6 is 0 Å². The lowest BCUT2D eigenvalue weighted by Crippen LogP contribution is -2.34. The molecule has 17 heavy (non-hydrogen) atoms. The van der Waals surface area contributed by atoms with Gasteiger partial charge in [-0.2, -0.15) is 0 Å². The van der Waals surface area contributed by atoms with Crippen molar-refractivity contribution in [3.05, 3.63) is 35.9 Å². The molecule has 2 atom stereocenters. The smallest absolute Gasteiger partial charge is 0.0229 e. The Bertz CT molecular complexity index is 317. The van der Waals surface area contributed by atoms with Crippen molar-refractivity contribution >= 4 is 0 Å². The van der Waals surface area contributed by atoms with Gasteiger partial charge in [-0.3, -0.25) is 0 Å². The zero-order valence-corrected chi connectivity index (χ0v) is 11.0. The van der Waals surface area contributed by atoms with Crippen LogP contribution in [0.5, 0.6) is 0 Å². The zero-order valence-electron chi connectivity index (χ0n) is 11.0. The van der Waals surface area contributed by atoms with Crippen molar-refractivity contribution in [2.75, 3.05) is 26.7 Å². The van der Waals surface area contributed by atoms with Crippen molar-refractivity contribution in [2.24, 2.45) is 0 Å². The number of rotatable bonds is 5. The molecule has 1 N–H and O–H groups in total. The van der Waals surface area contributed by atoms with Crippen molar-refractivity contribution in [1.82, 2.24) is 10.2 Å². The largest absolute Gasteiger partial charge is 0.315 e. The van der Waals surface area contributed by atoms with Crippen LogP contribution in [-0.2, 0) is 0 Å². The third-order valence-corrected chi connectivity index (χ3v) is 3.94. The van der Waals surface area contributed by atoms with Gasteiger partial charge in [-0.05, 0) is 44.5 Å². The molecule has 0 aliphatic carbocycles. The molecular weight excluding hydrogens is 208 g/mol. The van der Waals surface area contributed by atoms with E-state index in [1.807, 2.05) is 0 Å². The summed E-state index contributed by atoms with van der Waals surface area (Å²) in [6.07, 6.45) is 2.55. The third-order valence-electron chi connectivity index (χ3n) is 3.94. The number of nitrogens with one attached hydrogen (secondary N) is 1. The molecule has 0 spiro atoms. The number of nitrogens with zero attached hydrogens (tertiary/aromatic N) is 1. The third kappa shape index (κ3) is 3.55. The summed E-state index contributed by atoms with van der Waals surface area (Å²) in [6.45, 7) is 5.87. The molecule has 0 saturated carbocycles. The molecule has 0 bridgehead atoms. The van der Waals surface area contributed by atoms with E-state index < -0.39 is 0 Å². The van der Waals surface area contributed by atoms with Crippen molar-refractivity contribution in [3.8, 4) is 0 Å². The molecule has 0 aromatic heterocycles. The molecule has 1 aromatic carbocycles. The highest BCUT2D eigenvalue weighted by Gasteiger charge is 2.19. The van der Waals surface area contributed by atoms with Gasteiger partial charge < -0.3 is 10.2 Å². The summed E-state index contributed by atoms with van der Waals surface area (Å²) in [5, 5.41) is 3.43. The van der Waals surface area contributed by atoms with E-state index in [0.29, 0.717) is 5.92 Å². The van der Waals surface area contributed by atoms with Gasteiger partial charge in [0.25, 0.3) is 0 Å². The fraction of sp³-hybridized carbons (Fsp3) is 0.600. The van der Waals surface area contributed by atoms with Gasteiger partial charge in [0.2, 0.25) is 0 Å². The molecule has 2 nitrogen and oxygen atoms in total. The van der Waals surface area contributed by atoms with Crippen LogP contribution in [0.25, 0.3) is 0 Å². The first-order valence-electron chi connectivity index (χ1n) is 6.73. The minimum atomic E-state index is 0.660. The highest BCUT2D eigenvalue weighted by atomic mass is 15.2. The van der Waals surface area contributed by atoms with Crippen LogP contribution in [0.1, 0.15) is 31.2 Å². The molecule has 1 fully saturated rings. The fourth-order valence-electron chi connectivity index (χ4n) is 2.54. The average molecular weight is 232 g/mol. The second-order valence-electron chi connectivity index (χ2n) is 5.23. The first-order valence-corrected chi connectivity index (χ1v) is 6.73. The molecule has 2 heteroatoms. The Balaban J connectivity index is 1.77. The van der Waals surface area contributed by atoms with Gasteiger partial charge in [0.1, 0.15) is 0 Å². The number of hydrogen-bond donors (Lipinski definition) is 1. The number of benzene rings is 1. The van der Waals surface area contributed by atoms with Crippen molar-refractivity contribution in [2.45, 2.75) is 31.7 Å². The summed E-state index contributed by atoms with van der Waals surface area (Å²) in [7, 11) is 2.26. The molecule has 94 valence electrons. The van der Waals surface area contributed by atoms with Crippen molar-refractivity contribution in [1.29, 1.82) is 0 Å². The van der Waals surface area contributed by atoms with Crippen LogP contribution in [-0.4, -0.2) is 37.6 Å². The lowest BCUT2D eigenvalue weighted by Gasteiger charge is -2.25. The summed E-state index contributed by atoms with van der Waals surface area (Å²) in [5.41, 5.74) is 1.46. The van der Waals surface area contributed by atoms with Crippen LogP contribution in [0.2, 0.25) is 0 Å². The lowest BCUT2D eigenvalue weighted by molar-refractivity contribution is 0.249. The monoisotopic (exact) mass is 232 g/mol. The molecule has 2 rings (SSSR count). The first-order chi connectivity index (χ1) is 8.27. The Morgan fingerprint density at radius 1 is 1.35 bits per heavy atom. The van der Waals surface area contributed by atoms with E-state index in [4.69, 9.17) is 0 Å². The van der Waals surface area contributed by atoms with Gasteiger partial charge in [0, 0.05) is 12.6 Å². The Morgan fingerprint density at radius 2 is 2.12 bits per heavy atom. The molecular formula is C15H24N2. The summed E-state index contributed by atoms with van der Waals surface area (Å²) in [5.74, 6) is 0.660. The molecule has 1 aromatic rings. The van der Waals surface area contributed by atoms with E-state index in [-0.39, 0.29) is 0 Å². The van der Waals surface area contributed by atoms with Crippen LogP contribution in [0.3, 0.4) is 0 Å². The highest BCUT2D eigenvalue weighted by molar-refractivity contribution is 5.18. The Morgan fingerprint density at radius 3 is 2.76 bits per heavy atom. The maximum Gasteiger partial charge on any atom is 0.0229 e. The van der Waals surface area contributed by atoms with E-state index in [1.54, 1.807) is 0 Å². The van der Waals surface area contributed by atoms with Gasteiger partial charge in [-0.25, -0.2) is 0 Å². The van der Waals surface area contributed by atoms with Crippen LogP contribution < -0.4 is 5.32 Å². The fourth-order valence-corrected chi connectivity index (χ4v) is 2.54. The van der Waals surface area contributed by atoms with E-state index in [0.717, 1.165) is 12.6 Å². The maximum atomic E-state index is 3.43. The number of hydrogen-bond acceptors (Lipinski definition) is 2. The Hall–Kier alpha value is -0.860. The van der Waals surface area contributed by atoms with Gasteiger partial charge in [-0.1, -0.05) is 37.3 Å². The zero-order chi connectivity index (χ0) is 12.1. The van der Waals surface area contributed by atoms with E-state index in [9.17, 15) is 0 Å². The summed E-state index contributed by atoms with van der Waals surface area (Å²) >= 11 is 0. The Labute approximate surface area is 105 Å². The molecule has 2 unspecified atom stereocenters. The second kappa shape index (κ2) is 6.18. The normalized spacial score (nSPS) is 21.9. The summed E-state index contributed by atoms with van der Waals surface area (Å²) < 4.78 is 0. The van der Waals surface area contributed by atoms with Crippen molar-refractivity contribution < 1.29 is 0 Å². The standard InChI is InChI=1S/C15H24N2/c1-13(14-6-4-3-5-7-14)9-11-17(2)15-8-10-16-12-15/h3-7,13,15-16H,8-12H2,1-2H3. The van der Waals surface area contributed by atoms with Crippen LogP contribution in [0.4, 0.5) is 0 Å². The maximum absolute atomic E-state index is 3.43. The Kier molecular flexibility index (Phi) is 4.57. The molecule has 1 heterocycles. The second-order valence-corrected chi connectivity index (χ2v) is 5.23. The molecule has 0 radical (unpaired) electrons. The number of likely N-dealkylation sites (N-methyl/N-ethyl adjacent to an activating group) is 1. The van der Waals surface area contributed by atoms with Gasteiger partial charge in [-0.15, -0.1) is 0 Å². The predicted octanol–water partition coefficient (Wildman–Crippen LogP) is 2.47. The van der Waals surface area contributed by atoms with E-state index in [1.165, 1.54) is 31.5 Å². The topological polar surface area (TPSA) is 15.3 Å². The minimum Gasteiger partial charge on any atom is -0.315 e. The molecule has 0 amide bonds. The summed E-state index contributed by atoms with van der Waals surface area (Å²) in [6, 6.07) is 11.6. The van der Waals surface area contributed by atoms with Gasteiger partial charge in [0.05, 0.1) is 0 Å². The summed E-state index contributed by atoms with van der Waals surface area (Å²) in [4.78, 5) is 2.51. The molecule has 1 saturated heterocycles. The van der Waals surface area contributed by atoms with Crippen molar-refractivity contribution in [3.63, 3.8) is 0 Å². The molecule has 1 aliphatic heterocycles. The minimum absolute atomic E-state index is 0.660.